The maximum absolute atomic E-state index is 10.9. The molecule has 1 N–H and O–H groups in total. The van der Waals surface area contributed by atoms with E-state index >= 15 is 0 Å². The first-order valence-electron chi connectivity index (χ1n) is 5.88. The molecule has 0 bridgehead atoms. The van der Waals surface area contributed by atoms with Gasteiger partial charge in [-0.3, -0.25) is 4.79 Å². The molecular weight excluding hydrogens is 206 g/mol. The number of carbonyl (C=O) groups is 1. The number of rotatable bonds is 9. The van der Waals surface area contributed by atoms with Crippen LogP contribution in [0.25, 0.3) is 0 Å². The van der Waals surface area contributed by atoms with Crippen molar-refractivity contribution >= 4 is 5.78 Å². The zero-order valence-corrected chi connectivity index (χ0v) is 11.0. The Morgan fingerprint density at radius 1 is 1.12 bits per heavy atom. The summed E-state index contributed by atoms with van der Waals surface area (Å²) in [4.78, 5) is 10.9. The fraction of sp³-hybridized carbons (Fsp3) is 0.917. The molecule has 96 valence electrons. The van der Waals surface area contributed by atoms with Gasteiger partial charge in [0.25, 0.3) is 0 Å². The molecule has 4 heteroatoms. The van der Waals surface area contributed by atoms with Crippen LogP contribution in [0.1, 0.15) is 34.1 Å². The topological polar surface area (TPSA) is 47.6 Å². The Hall–Kier alpha value is -0.450. The van der Waals surface area contributed by atoms with Gasteiger partial charge in [0.05, 0.1) is 19.8 Å². The Morgan fingerprint density at radius 3 is 2.31 bits per heavy atom. The lowest BCUT2D eigenvalue weighted by Crippen LogP contribution is -2.38. The Bertz CT molecular complexity index is 187. The van der Waals surface area contributed by atoms with Gasteiger partial charge in [0.1, 0.15) is 6.61 Å². The Labute approximate surface area is 98.7 Å². The molecule has 0 aliphatic carbocycles. The van der Waals surface area contributed by atoms with Crippen LogP contribution < -0.4 is 5.32 Å². The van der Waals surface area contributed by atoms with Crippen molar-refractivity contribution in [3.05, 3.63) is 0 Å². The molecule has 0 aromatic heterocycles. The molecule has 0 atom stereocenters. The lowest BCUT2D eigenvalue weighted by atomic mass is 10.1. The van der Waals surface area contributed by atoms with Crippen LogP contribution >= 0.6 is 0 Å². The summed E-state index contributed by atoms with van der Waals surface area (Å²) in [5.41, 5.74) is 0.132. The predicted octanol–water partition coefficient (Wildman–Crippen LogP) is 1.39. The number of hydrogen-bond acceptors (Lipinski definition) is 4. The Kier molecular flexibility index (Phi) is 8.43. The van der Waals surface area contributed by atoms with Gasteiger partial charge >= 0.3 is 0 Å². The van der Waals surface area contributed by atoms with Crippen molar-refractivity contribution in [2.24, 2.45) is 0 Å². The average molecular weight is 231 g/mol. The molecule has 0 aliphatic heterocycles. The molecule has 0 saturated carbocycles. The van der Waals surface area contributed by atoms with E-state index in [-0.39, 0.29) is 17.9 Å². The second-order valence-electron chi connectivity index (χ2n) is 4.73. The fourth-order valence-corrected chi connectivity index (χ4v) is 1.01. The van der Waals surface area contributed by atoms with Crippen LogP contribution in [0.5, 0.6) is 0 Å². The van der Waals surface area contributed by atoms with Crippen molar-refractivity contribution in [3.8, 4) is 0 Å². The number of ketones is 1. The van der Waals surface area contributed by atoms with Crippen LogP contribution in [0.2, 0.25) is 0 Å². The van der Waals surface area contributed by atoms with Crippen molar-refractivity contribution in [3.63, 3.8) is 0 Å². The van der Waals surface area contributed by atoms with Crippen molar-refractivity contribution in [1.29, 1.82) is 0 Å². The van der Waals surface area contributed by atoms with Crippen LogP contribution in [-0.4, -0.2) is 44.3 Å². The SMILES string of the molecule is CCC(=O)COCCOCCNC(C)(C)C. The molecule has 0 fully saturated rings. The first-order valence-corrected chi connectivity index (χ1v) is 5.88. The summed E-state index contributed by atoms with van der Waals surface area (Å²) in [6.07, 6.45) is 0.538. The lowest BCUT2D eigenvalue weighted by molar-refractivity contribution is -0.123. The van der Waals surface area contributed by atoms with Gasteiger partial charge in [0, 0.05) is 18.5 Å². The highest BCUT2D eigenvalue weighted by molar-refractivity contribution is 5.79. The highest BCUT2D eigenvalue weighted by Crippen LogP contribution is 1.96. The minimum absolute atomic E-state index is 0.132. The number of hydrogen-bond donors (Lipinski definition) is 1. The summed E-state index contributed by atoms with van der Waals surface area (Å²) in [5, 5.41) is 3.32. The zero-order valence-electron chi connectivity index (χ0n) is 11.0. The monoisotopic (exact) mass is 231 g/mol. The minimum atomic E-state index is 0.132. The third-order valence-corrected chi connectivity index (χ3v) is 1.93. The molecule has 0 heterocycles. The summed E-state index contributed by atoms with van der Waals surface area (Å²) in [5.74, 6) is 0.134. The molecule has 0 aromatic carbocycles. The van der Waals surface area contributed by atoms with E-state index < -0.39 is 0 Å². The summed E-state index contributed by atoms with van der Waals surface area (Å²) >= 11 is 0. The summed E-state index contributed by atoms with van der Waals surface area (Å²) < 4.78 is 10.5. The van der Waals surface area contributed by atoms with Crippen LogP contribution in [0.15, 0.2) is 0 Å². The summed E-state index contributed by atoms with van der Waals surface area (Å²) in [6.45, 7) is 10.9. The normalized spacial score (nSPS) is 11.8. The van der Waals surface area contributed by atoms with E-state index in [0.29, 0.717) is 26.2 Å². The van der Waals surface area contributed by atoms with Crippen LogP contribution in [-0.2, 0) is 14.3 Å². The maximum Gasteiger partial charge on any atom is 0.158 e. The van der Waals surface area contributed by atoms with Crippen LogP contribution in [0, 0.1) is 0 Å². The van der Waals surface area contributed by atoms with Crippen molar-refractivity contribution in [2.45, 2.75) is 39.7 Å². The van der Waals surface area contributed by atoms with Crippen LogP contribution in [0.3, 0.4) is 0 Å². The highest BCUT2D eigenvalue weighted by Gasteiger charge is 2.06. The molecule has 0 radical (unpaired) electrons. The number of carbonyl (C=O) groups excluding carboxylic acids is 1. The number of ether oxygens (including phenoxy) is 2. The summed E-state index contributed by atoms with van der Waals surface area (Å²) in [7, 11) is 0. The van der Waals surface area contributed by atoms with Gasteiger partial charge in [-0.15, -0.1) is 0 Å². The smallest absolute Gasteiger partial charge is 0.158 e. The summed E-state index contributed by atoms with van der Waals surface area (Å²) in [6, 6.07) is 0. The quantitative estimate of drug-likeness (QED) is 0.609. The van der Waals surface area contributed by atoms with E-state index in [1.165, 1.54) is 0 Å². The van der Waals surface area contributed by atoms with E-state index in [4.69, 9.17) is 9.47 Å². The largest absolute Gasteiger partial charge is 0.378 e. The molecule has 0 amide bonds. The standard InChI is InChI=1S/C12H25NO3/c1-5-11(14)10-16-9-8-15-7-6-13-12(2,3)4/h13H,5-10H2,1-4H3. The minimum Gasteiger partial charge on any atom is -0.378 e. The highest BCUT2D eigenvalue weighted by atomic mass is 16.5. The number of Topliss-reactive ketones (excluding diaryl/α,β-unsaturated/α-hetero) is 1. The van der Waals surface area contributed by atoms with Gasteiger partial charge in [-0.25, -0.2) is 0 Å². The molecular formula is C12H25NO3. The zero-order chi connectivity index (χ0) is 12.4. The van der Waals surface area contributed by atoms with E-state index in [1.54, 1.807) is 0 Å². The molecule has 0 unspecified atom stereocenters. The van der Waals surface area contributed by atoms with Gasteiger partial charge in [0.2, 0.25) is 0 Å². The average Bonchev–Trinajstić information content (AvgIpc) is 2.20. The van der Waals surface area contributed by atoms with Gasteiger partial charge in [-0.2, -0.15) is 0 Å². The molecule has 0 spiro atoms. The van der Waals surface area contributed by atoms with E-state index in [0.717, 1.165) is 6.54 Å². The van der Waals surface area contributed by atoms with E-state index in [9.17, 15) is 4.79 Å². The van der Waals surface area contributed by atoms with Crippen molar-refractivity contribution in [2.75, 3.05) is 33.0 Å². The van der Waals surface area contributed by atoms with Crippen molar-refractivity contribution < 1.29 is 14.3 Å². The second kappa shape index (κ2) is 8.67. The molecule has 0 aliphatic rings. The molecule has 0 saturated heterocycles. The van der Waals surface area contributed by atoms with Gasteiger partial charge < -0.3 is 14.8 Å². The first-order chi connectivity index (χ1) is 7.45. The molecule has 4 nitrogen and oxygen atoms in total. The predicted molar refractivity (Wildman–Crippen MR) is 64.7 cm³/mol. The Balaban J connectivity index is 3.13. The molecule has 16 heavy (non-hydrogen) atoms. The third kappa shape index (κ3) is 11.6. The molecule has 0 rings (SSSR count). The third-order valence-electron chi connectivity index (χ3n) is 1.93. The second-order valence-corrected chi connectivity index (χ2v) is 4.73. The van der Waals surface area contributed by atoms with Gasteiger partial charge in [-0.1, -0.05) is 6.92 Å². The van der Waals surface area contributed by atoms with Gasteiger partial charge in [0.15, 0.2) is 5.78 Å². The van der Waals surface area contributed by atoms with E-state index in [1.807, 2.05) is 6.92 Å². The van der Waals surface area contributed by atoms with Crippen LogP contribution in [0.4, 0.5) is 0 Å². The molecule has 0 aromatic rings. The fourth-order valence-electron chi connectivity index (χ4n) is 1.01. The first kappa shape index (κ1) is 15.6. The van der Waals surface area contributed by atoms with Gasteiger partial charge in [-0.05, 0) is 20.8 Å². The lowest BCUT2D eigenvalue weighted by Gasteiger charge is -2.20. The number of nitrogens with one attached hydrogen (secondary N) is 1. The van der Waals surface area contributed by atoms with E-state index in [2.05, 4.69) is 26.1 Å². The maximum atomic E-state index is 10.9. The van der Waals surface area contributed by atoms with Crippen molar-refractivity contribution in [1.82, 2.24) is 5.32 Å². The Morgan fingerprint density at radius 2 is 1.75 bits per heavy atom.